The molecule has 1 unspecified atom stereocenters. The van der Waals surface area contributed by atoms with E-state index in [4.69, 9.17) is 4.74 Å². The molecule has 3 nitrogen and oxygen atoms in total. The molecule has 19 heavy (non-hydrogen) atoms. The van der Waals surface area contributed by atoms with E-state index in [0.29, 0.717) is 6.61 Å². The predicted octanol–water partition coefficient (Wildman–Crippen LogP) is 0.804. The second kappa shape index (κ2) is 6.04. The maximum Gasteiger partial charge on any atom is 0.126 e. The van der Waals surface area contributed by atoms with Gasteiger partial charge in [-0.15, -0.1) is 0 Å². The van der Waals surface area contributed by atoms with Gasteiger partial charge in [0.2, 0.25) is 0 Å². The topological polar surface area (TPSA) is 33.9 Å². The highest BCUT2D eigenvalue weighted by Gasteiger charge is 2.22. The molecule has 0 aromatic heterocycles. The van der Waals surface area contributed by atoms with Crippen molar-refractivity contribution in [1.82, 2.24) is 0 Å². The van der Waals surface area contributed by atoms with Crippen LogP contribution in [0.2, 0.25) is 0 Å². The summed E-state index contributed by atoms with van der Waals surface area (Å²) in [5, 5.41) is 10.1. The van der Waals surface area contributed by atoms with Crippen molar-refractivity contribution < 1.29 is 14.7 Å². The summed E-state index contributed by atoms with van der Waals surface area (Å²) in [5.74, 6) is 0. The zero-order valence-electron chi connectivity index (χ0n) is 12.3. The van der Waals surface area contributed by atoms with Crippen molar-refractivity contribution in [3.63, 3.8) is 0 Å². The fourth-order valence-corrected chi connectivity index (χ4v) is 2.56. The minimum atomic E-state index is -0.375. The van der Waals surface area contributed by atoms with Crippen molar-refractivity contribution >= 4 is 0 Å². The smallest absolute Gasteiger partial charge is 0.126 e. The molecule has 0 aliphatic carbocycles. The summed E-state index contributed by atoms with van der Waals surface area (Å²) in [5.41, 5.74) is 2.71. The maximum atomic E-state index is 10.1. The zero-order valence-corrected chi connectivity index (χ0v) is 12.3. The molecule has 1 aromatic rings. The Labute approximate surface area is 116 Å². The van der Waals surface area contributed by atoms with Crippen LogP contribution >= 0.6 is 0 Å². The number of rotatable bonds is 4. The lowest BCUT2D eigenvalue weighted by Gasteiger charge is -2.28. The standard InChI is InChI=1S/C16H25NO2/c1-16(2,3)19-12-15(18)11-17-9-8-13-6-4-5-7-14(13)10-17/h4-7,15,18H,8-12H2,1-3H3/p+1/t15-/m0/s1. The molecular formula is C16H26NO2+. The second-order valence-electron chi connectivity index (χ2n) is 6.48. The Bertz CT molecular complexity index is 411. The molecule has 2 N–H and O–H groups in total. The Morgan fingerprint density at radius 3 is 2.63 bits per heavy atom. The SMILES string of the molecule is CC(C)(C)OC[C@@H](O)C[NH+]1CCc2ccccc2C1. The Hall–Kier alpha value is -0.900. The first kappa shape index (κ1) is 14.5. The van der Waals surface area contributed by atoms with E-state index in [2.05, 4.69) is 24.3 Å². The molecule has 0 bridgehead atoms. The quantitative estimate of drug-likeness (QED) is 0.843. The van der Waals surface area contributed by atoms with Gasteiger partial charge in [-0.2, -0.15) is 0 Å². The third-order valence-corrected chi connectivity index (χ3v) is 3.54. The van der Waals surface area contributed by atoms with E-state index in [-0.39, 0.29) is 11.7 Å². The highest BCUT2D eigenvalue weighted by Crippen LogP contribution is 2.10. The summed E-state index contributed by atoms with van der Waals surface area (Å²) in [6.45, 7) is 9.36. The van der Waals surface area contributed by atoms with Crippen LogP contribution in [0.15, 0.2) is 24.3 Å². The molecule has 0 saturated heterocycles. The largest absolute Gasteiger partial charge is 0.385 e. The minimum absolute atomic E-state index is 0.176. The monoisotopic (exact) mass is 264 g/mol. The number of aliphatic hydroxyl groups excluding tert-OH is 1. The summed E-state index contributed by atoms with van der Waals surface area (Å²) < 4.78 is 5.64. The Balaban J connectivity index is 1.82. The molecule has 1 heterocycles. The first-order valence-corrected chi connectivity index (χ1v) is 7.16. The molecule has 0 saturated carbocycles. The predicted molar refractivity (Wildman–Crippen MR) is 76.3 cm³/mol. The lowest BCUT2D eigenvalue weighted by molar-refractivity contribution is -0.919. The van der Waals surface area contributed by atoms with E-state index in [1.807, 2.05) is 20.8 Å². The van der Waals surface area contributed by atoms with Crippen LogP contribution in [0.4, 0.5) is 0 Å². The van der Waals surface area contributed by atoms with Gasteiger partial charge >= 0.3 is 0 Å². The summed E-state index contributed by atoms with van der Waals surface area (Å²) in [4.78, 5) is 1.45. The number of fused-ring (bicyclic) bond motifs is 1. The first-order valence-electron chi connectivity index (χ1n) is 7.16. The molecule has 1 aliphatic heterocycles. The van der Waals surface area contributed by atoms with Crippen molar-refractivity contribution in [2.45, 2.75) is 45.4 Å². The van der Waals surface area contributed by atoms with Crippen molar-refractivity contribution in [3.8, 4) is 0 Å². The maximum absolute atomic E-state index is 10.1. The Morgan fingerprint density at radius 2 is 1.95 bits per heavy atom. The van der Waals surface area contributed by atoms with Gasteiger partial charge in [-0.25, -0.2) is 0 Å². The molecule has 106 valence electrons. The number of aliphatic hydroxyl groups is 1. The van der Waals surface area contributed by atoms with Gasteiger partial charge in [0.1, 0.15) is 19.2 Å². The summed E-state index contributed by atoms with van der Waals surface area (Å²) in [6.07, 6.45) is 0.734. The van der Waals surface area contributed by atoms with E-state index in [1.54, 1.807) is 0 Å². The highest BCUT2D eigenvalue weighted by molar-refractivity contribution is 5.27. The normalized spacial score (nSPS) is 20.9. The van der Waals surface area contributed by atoms with Gasteiger partial charge in [-0.3, -0.25) is 0 Å². The first-order chi connectivity index (χ1) is 8.94. The average Bonchev–Trinajstić information content (AvgIpc) is 2.35. The van der Waals surface area contributed by atoms with Gasteiger partial charge in [-0.05, 0) is 26.3 Å². The van der Waals surface area contributed by atoms with E-state index < -0.39 is 0 Å². The number of benzene rings is 1. The van der Waals surface area contributed by atoms with Crippen molar-refractivity contribution in [2.24, 2.45) is 0 Å². The van der Waals surface area contributed by atoms with Crippen LogP contribution in [0.5, 0.6) is 0 Å². The van der Waals surface area contributed by atoms with Gasteiger partial charge in [0, 0.05) is 12.0 Å². The average molecular weight is 264 g/mol. The van der Waals surface area contributed by atoms with Crippen LogP contribution in [-0.4, -0.2) is 36.5 Å². The fraction of sp³-hybridized carbons (Fsp3) is 0.625. The van der Waals surface area contributed by atoms with E-state index >= 15 is 0 Å². The molecular weight excluding hydrogens is 238 g/mol. The molecule has 0 radical (unpaired) electrons. The molecule has 0 amide bonds. The molecule has 3 heteroatoms. The zero-order chi connectivity index (χ0) is 13.9. The van der Waals surface area contributed by atoms with Gasteiger partial charge in [0.15, 0.2) is 0 Å². The molecule has 0 spiro atoms. The Morgan fingerprint density at radius 1 is 1.26 bits per heavy atom. The van der Waals surface area contributed by atoms with E-state index in [9.17, 15) is 5.11 Å². The lowest BCUT2D eigenvalue weighted by Crippen LogP contribution is -3.13. The number of hydrogen-bond donors (Lipinski definition) is 2. The minimum Gasteiger partial charge on any atom is -0.385 e. The van der Waals surface area contributed by atoms with Crippen LogP contribution in [0.25, 0.3) is 0 Å². The lowest BCUT2D eigenvalue weighted by atomic mass is 10.00. The van der Waals surface area contributed by atoms with Gasteiger partial charge in [0.25, 0.3) is 0 Å². The molecule has 2 rings (SSSR count). The van der Waals surface area contributed by atoms with Crippen molar-refractivity contribution in [3.05, 3.63) is 35.4 Å². The fourth-order valence-electron chi connectivity index (χ4n) is 2.56. The summed E-state index contributed by atoms with van der Waals surface area (Å²) in [6, 6.07) is 8.62. The van der Waals surface area contributed by atoms with Gasteiger partial charge in [0.05, 0.1) is 18.8 Å². The molecule has 0 fully saturated rings. The third kappa shape index (κ3) is 4.60. The summed E-state index contributed by atoms with van der Waals surface area (Å²) in [7, 11) is 0. The van der Waals surface area contributed by atoms with Crippen LogP contribution in [-0.2, 0) is 17.7 Å². The Kier molecular flexibility index (Phi) is 4.61. The number of quaternary nitrogens is 1. The van der Waals surface area contributed by atoms with Crippen LogP contribution in [0, 0.1) is 0 Å². The van der Waals surface area contributed by atoms with Gasteiger partial charge < -0.3 is 14.7 Å². The van der Waals surface area contributed by atoms with E-state index in [1.165, 1.54) is 16.0 Å². The van der Waals surface area contributed by atoms with Crippen LogP contribution in [0.3, 0.4) is 0 Å². The number of hydrogen-bond acceptors (Lipinski definition) is 2. The van der Waals surface area contributed by atoms with Crippen molar-refractivity contribution in [2.75, 3.05) is 19.7 Å². The molecule has 2 atom stereocenters. The second-order valence-corrected chi connectivity index (χ2v) is 6.48. The van der Waals surface area contributed by atoms with E-state index in [0.717, 1.165) is 26.1 Å². The van der Waals surface area contributed by atoms with Crippen LogP contribution < -0.4 is 4.90 Å². The van der Waals surface area contributed by atoms with Crippen LogP contribution in [0.1, 0.15) is 31.9 Å². The molecule has 1 aromatic carbocycles. The number of ether oxygens (including phenoxy) is 1. The molecule has 1 aliphatic rings. The summed E-state index contributed by atoms with van der Waals surface area (Å²) >= 11 is 0. The third-order valence-electron chi connectivity index (χ3n) is 3.54. The van der Waals surface area contributed by atoms with Crippen molar-refractivity contribution in [1.29, 1.82) is 0 Å². The van der Waals surface area contributed by atoms with Gasteiger partial charge in [-0.1, -0.05) is 24.3 Å². The highest BCUT2D eigenvalue weighted by atomic mass is 16.5. The number of nitrogens with one attached hydrogen (secondary N) is 1.